The Bertz CT molecular complexity index is 371. The van der Waals surface area contributed by atoms with E-state index < -0.39 is 0 Å². The third-order valence-corrected chi connectivity index (χ3v) is 3.52. The van der Waals surface area contributed by atoms with E-state index in [-0.39, 0.29) is 0 Å². The minimum Gasteiger partial charge on any atom is -0.360 e. The second-order valence-electron chi connectivity index (χ2n) is 5.88. The molecule has 4 nitrogen and oxygen atoms in total. The van der Waals surface area contributed by atoms with Gasteiger partial charge in [-0.3, -0.25) is 4.90 Å². The monoisotopic (exact) mass is 265 g/mol. The van der Waals surface area contributed by atoms with E-state index in [1.54, 1.807) is 0 Å². The number of nitrogens with one attached hydrogen (secondary N) is 1. The van der Waals surface area contributed by atoms with Crippen molar-refractivity contribution in [1.29, 1.82) is 0 Å². The van der Waals surface area contributed by atoms with Gasteiger partial charge in [0.25, 0.3) is 0 Å². The van der Waals surface area contributed by atoms with Crippen LogP contribution in [-0.2, 0) is 13.1 Å². The molecule has 2 rings (SSSR count). The first-order valence-corrected chi connectivity index (χ1v) is 7.61. The topological polar surface area (TPSA) is 41.3 Å². The van der Waals surface area contributed by atoms with E-state index in [9.17, 15) is 0 Å². The zero-order valence-electron chi connectivity index (χ0n) is 12.5. The minimum atomic E-state index is 0.479. The molecule has 0 aromatic carbocycles. The fourth-order valence-electron chi connectivity index (χ4n) is 2.21. The van der Waals surface area contributed by atoms with Crippen molar-refractivity contribution >= 4 is 0 Å². The Morgan fingerprint density at radius 1 is 1.47 bits per heavy atom. The largest absolute Gasteiger partial charge is 0.360 e. The van der Waals surface area contributed by atoms with E-state index in [1.165, 1.54) is 32.2 Å². The van der Waals surface area contributed by atoms with Gasteiger partial charge >= 0.3 is 0 Å². The summed E-state index contributed by atoms with van der Waals surface area (Å²) in [5.41, 5.74) is 1.01. The van der Waals surface area contributed by atoms with Crippen molar-refractivity contribution in [3.63, 3.8) is 0 Å². The molecule has 1 aliphatic carbocycles. The van der Waals surface area contributed by atoms with E-state index in [0.29, 0.717) is 6.04 Å². The molecule has 0 bridgehead atoms. The number of hydrogen-bond donors (Lipinski definition) is 1. The molecule has 0 saturated heterocycles. The second-order valence-corrected chi connectivity index (χ2v) is 5.88. The molecule has 0 spiro atoms. The number of unbranched alkanes of at least 4 members (excludes halogenated alkanes) is 1. The maximum Gasteiger partial charge on any atom is 0.151 e. The normalized spacial score (nSPS) is 15.6. The molecule has 108 valence electrons. The summed E-state index contributed by atoms with van der Waals surface area (Å²) in [6, 6.07) is 3.36. The lowest BCUT2D eigenvalue weighted by Crippen LogP contribution is -2.26. The van der Waals surface area contributed by atoms with Crippen LogP contribution in [0.1, 0.15) is 57.9 Å². The van der Waals surface area contributed by atoms with E-state index in [2.05, 4.69) is 42.2 Å². The fourth-order valence-corrected chi connectivity index (χ4v) is 2.21. The first kappa shape index (κ1) is 14.5. The number of rotatable bonds is 9. The van der Waals surface area contributed by atoms with Gasteiger partial charge in [-0.2, -0.15) is 0 Å². The van der Waals surface area contributed by atoms with Gasteiger partial charge in [0.1, 0.15) is 0 Å². The quantitative estimate of drug-likeness (QED) is 0.745. The molecule has 1 saturated carbocycles. The van der Waals surface area contributed by atoms with Gasteiger partial charge in [0, 0.05) is 24.7 Å². The average Bonchev–Trinajstić information content (AvgIpc) is 3.13. The lowest BCUT2D eigenvalue weighted by atomic mass is 10.2. The van der Waals surface area contributed by atoms with Crippen LogP contribution in [0.3, 0.4) is 0 Å². The summed E-state index contributed by atoms with van der Waals surface area (Å²) >= 11 is 0. The molecule has 1 N–H and O–H groups in total. The summed E-state index contributed by atoms with van der Waals surface area (Å²) < 4.78 is 5.45. The molecule has 1 aromatic rings. The van der Waals surface area contributed by atoms with Crippen molar-refractivity contribution < 1.29 is 4.52 Å². The van der Waals surface area contributed by atoms with Crippen molar-refractivity contribution in [2.45, 2.75) is 71.6 Å². The molecule has 0 atom stereocenters. The zero-order valence-corrected chi connectivity index (χ0v) is 12.5. The smallest absolute Gasteiger partial charge is 0.151 e. The molecule has 1 heterocycles. The summed E-state index contributed by atoms with van der Waals surface area (Å²) in [6.45, 7) is 9.41. The molecule has 1 aromatic heterocycles. The third kappa shape index (κ3) is 4.96. The van der Waals surface area contributed by atoms with Crippen LogP contribution in [0.15, 0.2) is 10.6 Å². The van der Waals surface area contributed by atoms with Crippen LogP contribution in [0.25, 0.3) is 0 Å². The van der Waals surface area contributed by atoms with Crippen molar-refractivity contribution in [2.24, 2.45) is 0 Å². The van der Waals surface area contributed by atoms with Gasteiger partial charge in [-0.05, 0) is 25.8 Å². The van der Waals surface area contributed by atoms with E-state index in [0.717, 1.165) is 30.6 Å². The Hall–Kier alpha value is -0.870. The van der Waals surface area contributed by atoms with Gasteiger partial charge in [-0.1, -0.05) is 32.3 Å². The Morgan fingerprint density at radius 3 is 2.89 bits per heavy atom. The zero-order chi connectivity index (χ0) is 13.7. The molecular weight excluding hydrogens is 238 g/mol. The third-order valence-electron chi connectivity index (χ3n) is 3.52. The van der Waals surface area contributed by atoms with Crippen LogP contribution < -0.4 is 5.32 Å². The Morgan fingerprint density at radius 2 is 2.26 bits per heavy atom. The fraction of sp³-hybridized carbons (Fsp3) is 0.800. The van der Waals surface area contributed by atoms with Crippen molar-refractivity contribution in [2.75, 3.05) is 6.54 Å². The molecule has 0 radical (unpaired) electrons. The summed E-state index contributed by atoms with van der Waals surface area (Å²) in [6.07, 6.45) is 5.22. The molecular formula is C15H27N3O. The molecule has 0 unspecified atom stereocenters. The second kappa shape index (κ2) is 7.06. The molecule has 1 aliphatic rings. The molecule has 0 aliphatic heterocycles. The Labute approximate surface area is 116 Å². The van der Waals surface area contributed by atoms with Crippen LogP contribution in [0.4, 0.5) is 0 Å². The predicted octanol–water partition coefficient (Wildman–Crippen LogP) is 2.94. The van der Waals surface area contributed by atoms with Crippen LogP contribution in [0.2, 0.25) is 0 Å². The lowest BCUT2D eigenvalue weighted by molar-refractivity contribution is 0.218. The first-order chi connectivity index (χ1) is 9.19. The number of hydrogen-bond acceptors (Lipinski definition) is 4. The van der Waals surface area contributed by atoms with Gasteiger partial charge in [0.2, 0.25) is 0 Å². The van der Waals surface area contributed by atoms with Gasteiger partial charge in [0.05, 0.1) is 12.2 Å². The van der Waals surface area contributed by atoms with Crippen LogP contribution >= 0.6 is 0 Å². The minimum absolute atomic E-state index is 0.479. The summed E-state index contributed by atoms with van der Waals surface area (Å²) in [5, 5.41) is 7.50. The van der Waals surface area contributed by atoms with Crippen LogP contribution in [0.5, 0.6) is 0 Å². The lowest BCUT2D eigenvalue weighted by Gasteiger charge is -2.19. The molecule has 4 heteroatoms. The van der Waals surface area contributed by atoms with Gasteiger partial charge < -0.3 is 9.84 Å². The summed E-state index contributed by atoms with van der Waals surface area (Å²) in [4.78, 5) is 2.55. The van der Waals surface area contributed by atoms with Crippen LogP contribution in [-0.4, -0.2) is 28.7 Å². The van der Waals surface area contributed by atoms with Crippen molar-refractivity contribution in [3.8, 4) is 0 Å². The Balaban J connectivity index is 1.83. The number of aromatic nitrogens is 1. The molecule has 0 amide bonds. The van der Waals surface area contributed by atoms with E-state index in [1.807, 2.05) is 0 Å². The molecule has 1 fully saturated rings. The maximum atomic E-state index is 5.45. The Kier molecular flexibility index (Phi) is 5.40. The van der Waals surface area contributed by atoms with Crippen molar-refractivity contribution in [1.82, 2.24) is 15.4 Å². The van der Waals surface area contributed by atoms with Gasteiger partial charge in [-0.15, -0.1) is 0 Å². The highest BCUT2D eigenvalue weighted by Crippen LogP contribution is 2.28. The van der Waals surface area contributed by atoms with Crippen LogP contribution in [0, 0.1) is 0 Å². The molecule has 19 heavy (non-hydrogen) atoms. The predicted molar refractivity (Wildman–Crippen MR) is 76.8 cm³/mol. The summed E-state index contributed by atoms with van der Waals surface area (Å²) in [5.74, 6) is 1.00. The highest BCUT2D eigenvalue weighted by molar-refractivity contribution is 5.06. The average molecular weight is 265 g/mol. The SMILES string of the molecule is CCCCN(Cc1cc(CNC(C)C)no1)C1CC1. The van der Waals surface area contributed by atoms with Gasteiger partial charge in [-0.25, -0.2) is 0 Å². The van der Waals surface area contributed by atoms with Gasteiger partial charge in [0.15, 0.2) is 5.76 Å². The number of nitrogens with zero attached hydrogens (tertiary/aromatic N) is 2. The summed E-state index contributed by atoms with van der Waals surface area (Å²) in [7, 11) is 0. The van der Waals surface area contributed by atoms with E-state index in [4.69, 9.17) is 4.52 Å². The highest BCUT2D eigenvalue weighted by Gasteiger charge is 2.29. The maximum absolute atomic E-state index is 5.45. The first-order valence-electron chi connectivity index (χ1n) is 7.61. The van der Waals surface area contributed by atoms with E-state index >= 15 is 0 Å². The highest BCUT2D eigenvalue weighted by atomic mass is 16.5. The van der Waals surface area contributed by atoms with Crippen molar-refractivity contribution in [3.05, 3.63) is 17.5 Å². The standard InChI is InChI=1S/C15H27N3O/c1-4-5-8-18(14-6-7-14)11-15-9-13(17-19-15)10-16-12(2)3/h9,12,14,16H,4-8,10-11H2,1-3H3.